The van der Waals surface area contributed by atoms with E-state index in [-0.39, 0.29) is 21.3 Å². The van der Waals surface area contributed by atoms with E-state index in [4.69, 9.17) is 23.2 Å². The van der Waals surface area contributed by atoms with Gasteiger partial charge in [0.1, 0.15) is 5.82 Å². The first-order chi connectivity index (χ1) is 8.99. The number of benzene rings is 1. The number of hydrogen-bond donors (Lipinski definition) is 1. The van der Waals surface area contributed by atoms with E-state index in [1.165, 1.54) is 18.3 Å². The van der Waals surface area contributed by atoms with Crippen molar-refractivity contribution in [2.75, 3.05) is 5.32 Å². The zero-order valence-corrected chi connectivity index (χ0v) is 10.8. The normalized spacial score (nSPS) is 10.3. The molecule has 0 radical (unpaired) electrons. The molecule has 0 atom stereocenters. The molecule has 1 N–H and O–H groups in total. The van der Waals surface area contributed by atoms with Crippen molar-refractivity contribution in [3.8, 4) is 0 Å². The average molecular weight is 303 g/mol. The fourth-order valence-electron chi connectivity index (χ4n) is 1.40. The quantitative estimate of drug-likeness (QED) is 0.854. The topological polar surface area (TPSA) is 42.0 Å². The van der Waals surface area contributed by atoms with Crippen LogP contribution in [0.4, 0.5) is 14.5 Å². The number of anilines is 1. The first kappa shape index (κ1) is 13.7. The second kappa shape index (κ2) is 5.50. The first-order valence-corrected chi connectivity index (χ1v) is 5.81. The number of hydrogen-bond acceptors (Lipinski definition) is 2. The van der Waals surface area contributed by atoms with Gasteiger partial charge in [0.25, 0.3) is 5.91 Å². The van der Waals surface area contributed by atoms with Crippen molar-refractivity contribution in [3.05, 3.63) is 57.8 Å². The van der Waals surface area contributed by atoms with Crippen LogP contribution in [0.1, 0.15) is 10.4 Å². The van der Waals surface area contributed by atoms with E-state index in [1.54, 1.807) is 0 Å². The molecule has 1 aromatic carbocycles. The van der Waals surface area contributed by atoms with Crippen LogP contribution in [-0.2, 0) is 0 Å². The van der Waals surface area contributed by atoms with E-state index >= 15 is 0 Å². The van der Waals surface area contributed by atoms with Gasteiger partial charge >= 0.3 is 0 Å². The highest BCUT2D eigenvalue weighted by Crippen LogP contribution is 2.31. The fraction of sp³-hybridized carbons (Fsp3) is 0. The predicted octanol–water partition coefficient (Wildman–Crippen LogP) is 3.92. The third-order valence-corrected chi connectivity index (χ3v) is 2.85. The predicted molar refractivity (Wildman–Crippen MR) is 68.6 cm³/mol. The van der Waals surface area contributed by atoms with Crippen LogP contribution in [0, 0.1) is 11.8 Å². The van der Waals surface area contributed by atoms with Gasteiger partial charge in [0.2, 0.25) is 5.95 Å². The van der Waals surface area contributed by atoms with Crippen LogP contribution < -0.4 is 5.32 Å². The zero-order chi connectivity index (χ0) is 14.0. The summed E-state index contributed by atoms with van der Waals surface area (Å²) in [6, 6.07) is 4.64. The van der Waals surface area contributed by atoms with Crippen LogP contribution in [0.25, 0.3) is 0 Å². The molecule has 0 unspecified atom stereocenters. The Morgan fingerprint density at radius 3 is 2.42 bits per heavy atom. The van der Waals surface area contributed by atoms with E-state index in [1.807, 2.05) is 0 Å². The molecule has 3 nitrogen and oxygen atoms in total. The molecule has 0 saturated heterocycles. The number of amides is 1. The number of nitrogens with one attached hydrogen (secondary N) is 1. The number of carbonyl (C=O) groups excluding carboxylic acids is 1. The Labute approximate surface area is 117 Å². The fourth-order valence-corrected chi connectivity index (χ4v) is 1.95. The highest BCUT2D eigenvalue weighted by Gasteiger charge is 2.16. The number of nitrogens with zero attached hydrogens (tertiary/aromatic N) is 1. The molecule has 1 heterocycles. The Hall–Kier alpha value is -1.72. The molecule has 0 saturated carbocycles. The number of rotatable bonds is 2. The Morgan fingerprint density at radius 1 is 1.21 bits per heavy atom. The highest BCUT2D eigenvalue weighted by molar-refractivity contribution is 6.40. The maximum atomic E-state index is 13.3. The number of aromatic nitrogens is 1. The Kier molecular flexibility index (Phi) is 3.97. The lowest BCUT2D eigenvalue weighted by Gasteiger charge is -2.09. The molecule has 2 rings (SSSR count). The molecule has 19 heavy (non-hydrogen) atoms. The minimum atomic E-state index is -0.922. The highest BCUT2D eigenvalue weighted by atomic mass is 35.5. The van der Waals surface area contributed by atoms with Gasteiger partial charge in [-0.1, -0.05) is 23.2 Å². The summed E-state index contributed by atoms with van der Waals surface area (Å²) < 4.78 is 26.3. The standard InChI is InChI=1S/C12H6Cl2F2N2O/c13-8-4-6(15)5-9(14)10(8)18-12(19)7-2-1-3-17-11(7)16/h1-5H,(H,18,19). The molecule has 0 bridgehead atoms. The molecule has 0 aliphatic carbocycles. The van der Waals surface area contributed by atoms with E-state index in [2.05, 4.69) is 10.3 Å². The summed E-state index contributed by atoms with van der Waals surface area (Å²) >= 11 is 11.5. The van der Waals surface area contributed by atoms with Gasteiger partial charge in [0.05, 0.1) is 21.3 Å². The first-order valence-electron chi connectivity index (χ1n) is 5.05. The van der Waals surface area contributed by atoms with E-state index in [0.29, 0.717) is 0 Å². The van der Waals surface area contributed by atoms with E-state index < -0.39 is 17.7 Å². The summed E-state index contributed by atoms with van der Waals surface area (Å²) in [6.07, 6.45) is 1.21. The van der Waals surface area contributed by atoms with Crippen LogP contribution in [0.2, 0.25) is 10.0 Å². The van der Waals surface area contributed by atoms with Crippen molar-refractivity contribution < 1.29 is 13.6 Å². The zero-order valence-electron chi connectivity index (χ0n) is 9.25. The molecule has 7 heteroatoms. The van der Waals surface area contributed by atoms with Crippen LogP contribution >= 0.6 is 23.2 Å². The molecule has 0 aliphatic rings. The van der Waals surface area contributed by atoms with Gasteiger partial charge in [0.15, 0.2) is 0 Å². The molecule has 0 fully saturated rings. The van der Waals surface area contributed by atoms with Gasteiger partial charge < -0.3 is 5.32 Å². The van der Waals surface area contributed by atoms with Crippen LogP contribution in [-0.4, -0.2) is 10.9 Å². The van der Waals surface area contributed by atoms with E-state index in [0.717, 1.165) is 12.1 Å². The van der Waals surface area contributed by atoms with Gasteiger partial charge in [-0.05, 0) is 24.3 Å². The number of carbonyl (C=O) groups is 1. The molecule has 98 valence electrons. The second-order valence-electron chi connectivity index (χ2n) is 3.54. The van der Waals surface area contributed by atoms with Crippen LogP contribution in [0.3, 0.4) is 0 Å². The van der Waals surface area contributed by atoms with Crippen molar-refractivity contribution >= 4 is 34.8 Å². The molecule has 2 aromatic rings. The minimum Gasteiger partial charge on any atom is -0.319 e. The SMILES string of the molecule is O=C(Nc1c(Cl)cc(F)cc1Cl)c1cccnc1F. The summed E-state index contributed by atoms with van der Waals surface area (Å²) in [4.78, 5) is 15.2. The third-order valence-electron chi connectivity index (χ3n) is 2.25. The largest absolute Gasteiger partial charge is 0.319 e. The van der Waals surface area contributed by atoms with Crippen molar-refractivity contribution in [1.82, 2.24) is 4.98 Å². The summed E-state index contributed by atoms with van der Waals surface area (Å²) in [7, 11) is 0. The Bertz CT molecular complexity index is 626. The van der Waals surface area contributed by atoms with E-state index in [9.17, 15) is 13.6 Å². The molecular formula is C12H6Cl2F2N2O. The van der Waals surface area contributed by atoms with Crippen molar-refractivity contribution in [1.29, 1.82) is 0 Å². The molecule has 1 amide bonds. The second-order valence-corrected chi connectivity index (χ2v) is 4.35. The Morgan fingerprint density at radius 2 is 1.84 bits per heavy atom. The maximum Gasteiger partial charge on any atom is 0.260 e. The number of pyridine rings is 1. The van der Waals surface area contributed by atoms with Crippen LogP contribution in [0.5, 0.6) is 0 Å². The maximum absolute atomic E-state index is 13.3. The lowest BCUT2D eigenvalue weighted by Crippen LogP contribution is -2.15. The van der Waals surface area contributed by atoms with Gasteiger partial charge in [-0.2, -0.15) is 4.39 Å². The summed E-state index contributed by atoms with van der Waals surface area (Å²) in [5.41, 5.74) is -0.253. The van der Waals surface area contributed by atoms with Gasteiger partial charge in [0, 0.05) is 6.20 Å². The van der Waals surface area contributed by atoms with Gasteiger partial charge in [-0.3, -0.25) is 4.79 Å². The summed E-state index contributed by atoms with van der Waals surface area (Å²) in [6.45, 7) is 0. The molecule has 0 spiro atoms. The van der Waals surface area contributed by atoms with Crippen LogP contribution in [0.15, 0.2) is 30.5 Å². The van der Waals surface area contributed by atoms with Crippen molar-refractivity contribution in [2.45, 2.75) is 0 Å². The summed E-state index contributed by atoms with van der Waals surface area (Å²) in [5.74, 6) is -2.34. The third kappa shape index (κ3) is 3.00. The lowest BCUT2D eigenvalue weighted by atomic mass is 10.2. The van der Waals surface area contributed by atoms with Gasteiger partial charge in [-0.25, -0.2) is 9.37 Å². The van der Waals surface area contributed by atoms with Crippen molar-refractivity contribution in [2.24, 2.45) is 0 Å². The summed E-state index contributed by atoms with van der Waals surface area (Å²) in [5, 5.41) is 2.15. The van der Waals surface area contributed by atoms with Gasteiger partial charge in [-0.15, -0.1) is 0 Å². The molecular weight excluding hydrogens is 297 g/mol. The monoisotopic (exact) mass is 302 g/mol. The molecule has 0 aliphatic heterocycles. The molecule has 1 aromatic heterocycles. The lowest BCUT2D eigenvalue weighted by molar-refractivity contribution is 0.102. The number of halogens is 4. The smallest absolute Gasteiger partial charge is 0.260 e. The minimum absolute atomic E-state index is 0.0120. The van der Waals surface area contributed by atoms with Crippen molar-refractivity contribution in [3.63, 3.8) is 0 Å². The average Bonchev–Trinajstić information content (AvgIpc) is 2.34. The Balaban J connectivity index is 2.32.